The van der Waals surface area contributed by atoms with E-state index in [0.717, 1.165) is 13.0 Å². The minimum absolute atomic E-state index is 0.0193. The minimum Gasteiger partial charge on any atom is -0.476 e. The van der Waals surface area contributed by atoms with Crippen LogP contribution in [0, 0.1) is 0 Å². The number of hydrogen-bond acceptors (Lipinski definition) is 6. The van der Waals surface area contributed by atoms with Gasteiger partial charge in [-0.1, -0.05) is 0 Å². The fourth-order valence-corrected chi connectivity index (χ4v) is 2.36. The summed E-state index contributed by atoms with van der Waals surface area (Å²) in [6, 6.07) is 3.08. The average molecular weight is 322 g/mol. The quantitative estimate of drug-likeness (QED) is 0.903. The number of hydrogen-bond donors (Lipinski definition) is 1. The summed E-state index contributed by atoms with van der Waals surface area (Å²) in [6.45, 7) is 6.83. The summed E-state index contributed by atoms with van der Waals surface area (Å²) in [5, 5.41) is 16.5. The predicted octanol–water partition coefficient (Wildman–Crippen LogP) is 1.62. The van der Waals surface area contributed by atoms with Crippen molar-refractivity contribution in [1.29, 1.82) is 0 Å². The van der Waals surface area contributed by atoms with Crippen molar-refractivity contribution in [1.82, 2.24) is 15.1 Å². The Kier molecular flexibility index (Phi) is 4.72. The SMILES string of the molecule is CN(C(=O)OC(C)(C)C)[C@@H]1CCN(c2ccc(C(=O)O)nn2)C1. The number of aromatic carboxylic acids is 1. The normalized spacial score (nSPS) is 17.9. The highest BCUT2D eigenvalue weighted by Gasteiger charge is 2.31. The maximum atomic E-state index is 12.1. The van der Waals surface area contributed by atoms with Crippen LogP contribution in [0.5, 0.6) is 0 Å². The Balaban J connectivity index is 1.97. The van der Waals surface area contributed by atoms with Gasteiger partial charge in [0.15, 0.2) is 11.5 Å². The fraction of sp³-hybridized carbons (Fsp3) is 0.600. The lowest BCUT2D eigenvalue weighted by molar-refractivity contribution is 0.0237. The number of ether oxygens (including phenoxy) is 1. The van der Waals surface area contributed by atoms with Gasteiger partial charge in [-0.3, -0.25) is 0 Å². The van der Waals surface area contributed by atoms with E-state index in [9.17, 15) is 9.59 Å². The number of likely N-dealkylation sites (N-methyl/N-ethyl adjacent to an activating group) is 1. The van der Waals surface area contributed by atoms with E-state index < -0.39 is 11.6 Å². The second-order valence-corrected chi connectivity index (χ2v) is 6.56. The van der Waals surface area contributed by atoms with Gasteiger partial charge in [-0.2, -0.15) is 0 Å². The molecule has 0 unspecified atom stereocenters. The number of carbonyl (C=O) groups is 2. The maximum absolute atomic E-state index is 12.1. The van der Waals surface area contributed by atoms with Gasteiger partial charge < -0.3 is 19.6 Å². The van der Waals surface area contributed by atoms with Crippen LogP contribution in [0.15, 0.2) is 12.1 Å². The molecule has 0 aromatic carbocycles. The van der Waals surface area contributed by atoms with Crippen molar-refractivity contribution >= 4 is 17.9 Å². The first kappa shape index (κ1) is 17.0. The van der Waals surface area contributed by atoms with Gasteiger partial charge in [-0.25, -0.2) is 9.59 Å². The number of rotatable bonds is 3. The summed E-state index contributed by atoms with van der Waals surface area (Å²) in [7, 11) is 1.72. The molecule has 0 bridgehead atoms. The molecule has 0 radical (unpaired) electrons. The fourth-order valence-electron chi connectivity index (χ4n) is 2.36. The topological polar surface area (TPSA) is 95.9 Å². The van der Waals surface area contributed by atoms with Crippen molar-refractivity contribution in [3.8, 4) is 0 Å². The number of amides is 1. The van der Waals surface area contributed by atoms with Gasteiger partial charge in [0, 0.05) is 20.1 Å². The number of carboxylic acid groups (broad SMARTS) is 1. The summed E-state index contributed by atoms with van der Waals surface area (Å²) < 4.78 is 5.37. The molecule has 126 valence electrons. The molecule has 0 saturated carbocycles. The molecule has 23 heavy (non-hydrogen) atoms. The zero-order valence-corrected chi connectivity index (χ0v) is 13.8. The molecule has 8 nitrogen and oxygen atoms in total. The molecule has 1 saturated heterocycles. The molecule has 1 aliphatic heterocycles. The molecule has 1 aromatic heterocycles. The molecule has 1 aliphatic rings. The molecule has 1 aromatic rings. The van der Waals surface area contributed by atoms with E-state index in [1.807, 2.05) is 25.7 Å². The summed E-state index contributed by atoms with van der Waals surface area (Å²) in [6.07, 6.45) is 0.439. The van der Waals surface area contributed by atoms with Crippen LogP contribution in [0.25, 0.3) is 0 Å². The highest BCUT2D eigenvalue weighted by Crippen LogP contribution is 2.21. The van der Waals surface area contributed by atoms with Crippen molar-refractivity contribution in [3.05, 3.63) is 17.8 Å². The van der Waals surface area contributed by atoms with E-state index in [4.69, 9.17) is 9.84 Å². The smallest absolute Gasteiger partial charge is 0.410 e. The monoisotopic (exact) mass is 322 g/mol. The van der Waals surface area contributed by atoms with Gasteiger partial charge in [-0.05, 0) is 39.3 Å². The van der Waals surface area contributed by atoms with E-state index in [0.29, 0.717) is 12.4 Å². The van der Waals surface area contributed by atoms with Crippen molar-refractivity contribution in [2.45, 2.75) is 38.8 Å². The molecule has 0 spiro atoms. The number of nitrogens with zero attached hydrogens (tertiary/aromatic N) is 4. The summed E-state index contributed by atoms with van der Waals surface area (Å²) >= 11 is 0. The van der Waals surface area contributed by atoms with Gasteiger partial charge in [-0.15, -0.1) is 10.2 Å². The van der Waals surface area contributed by atoms with Crippen molar-refractivity contribution in [2.75, 3.05) is 25.0 Å². The van der Waals surface area contributed by atoms with Crippen molar-refractivity contribution in [3.63, 3.8) is 0 Å². The van der Waals surface area contributed by atoms with E-state index in [1.165, 1.54) is 6.07 Å². The Morgan fingerprint density at radius 2 is 2.04 bits per heavy atom. The van der Waals surface area contributed by atoms with E-state index >= 15 is 0 Å². The summed E-state index contributed by atoms with van der Waals surface area (Å²) in [4.78, 5) is 26.5. The molecular weight excluding hydrogens is 300 g/mol. The van der Waals surface area contributed by atoms with Gasteiger partial charge in [0.25, 0.3) is 0 Å². The third kappa shape index (κ3) is 4.30. The van der Waals surface area contributed by atoms with Crippen molar-refractivity contribution < 1.29 is 19.4 Å². The number of anilines is 1. The van der Waals surface area contributed by atoms with E-state index in [-0.39, 0.29) is 17.8 Å². The molecule has 1 atom stereocenters. The van der Waals surface area contributed by atoms with Crippen LogP contribution in [0.2, 0.25) is 0 Å². The van der Waals surface area contributed by atoms with Crippen LogP contribution in [0.4, 0.5) is 10.6 Å². The number of carboxylic acids is 1. The summed E-state index contributed by atoms with van der Waals surface area (Å²) in [5.41, 5.74) is -0.614. The molecule has 1 N–H and O–H groups in total. The van der Waals surface area contributed by atoms with Crippen LogP contribution in [-0.2, 0) is 4.74 Å². The average Bonchev–Trinajstić information content (AvgIpc) is 2.94. The first-order chi connectivity index (χ1) is 10.7. The van der Waals surface area contributed by atoms with Crippen LogP contribution in [0.1, 0.15) is 37.7 Å². The number of aromatic nitrogens is 2. The Morgan fingerprint density at radius 1 is 1.35 bits per heavy atom. The molecule has 8 heteroatoms. The first-order valence-electron chi connectivity index (χ1n) is 7.45. The molecule has 2 heterocycles. The molecule has 1 amide bonds. The maximum Gasteiger partial charge on any atom is 0.410 e. The Bertz CT molecular complexity index is 582. The Morgan fingerprint density at radius 3 is 2.57 bits per heavy atom. The molecular formula is C15H22N4O4. The minimum atomic E-state index is -1.10. The van der Waals surface area contributed by atoms with Crippen LogP contribution >= 0.6 is 0 Å². The van der Waals surface area contributed by atoms with Gasteiger partial charge >= 0.3 is 12.1 Å². The molecule has 1 fully saturated rings. The lowest BCUT2D eigenvalue weighted by Gasteiger charge is -2.28. The number of carbonyl (C=O) groups excluding carboxylic acids is 1. The molecule has 2 rings (SSSR count). The summed E-state index contributed by atoms with van der Waals surface area (Å²) in [5.74, 6) is -0.497. The standard InChI is InChI=1S/C15H22N4O4/c1-15(2,3)23-14(22)18(4)10-7-8-19(9-10)12-6-5-11(13(20)21)16-17-12/h5-6,10H,7-9H2,1-4H3,(H,20,21)/t10-/m1/s1. The second kappa shape index (κ2) is 6.39. The molecule has 0 aliphatic carbocycles. The van der Waals surface area contributed by atoms with Gasteiger partial charge in [0.1, 0.15) is 5.60 Å². The second-order valence-electron chi connectivity index (χ2n) is 6.56. The lowest BCUT2D eigenvalue weighted by atomic mass is 10.2. The third-order valence-electron chi connectivity index (χ3n) is 3.59. The zero-order valence-electron chi connectivity index (χ0n) is 13.8. The van der Waals surface area contributed by atoms with Crippen LogP contribution < -0.4 is 4.90 Å². The first-order valence-corrected chi connectivity index (χ1v) is 7.45. The van der Waals surface area contributed by atoms with E-state index in [1.54, 1.807) is 18.0 Å². The zero-order chi connectivity index (χ0) is 17.2. The van der Waals surface area contributed by atoms with Crippen molar-refractivity contribution in [2.24, 2.45) is 0 Å². The largest absolute Gasteiger partial charge is 0.476 e. The highest BCUT2D eigenvalue weighted by atomic mass is 16.6. The lowest BCUT2D eigenvalue weighted by Crippen LogP contribution is -2.42. The predicted molar refractivity (Wildman–Crippen MR) is 83.6 cm³/mol. The van der Waals surface area contributed by atoms with Crippen LogP contribution in [-0.4, -0.2) is 64.0 Å². The van der Waals surface area contributed by atoms with E-state index in [2.05, 4.69) is 10.2 Å². The Hall–Kier alpha value is -2.38. The Labute approximate surface area is 135 Å². The van der Waals surface area contributed by atoms with Gasteiger partial charge in [0.05, 0.1) is 6.04 Å². The van der Waals surface area contributed by atoms with Crippen LogP contribution in [0.3, 0.4) is 0 Å². The highest BCUT2D eigenvalue weighted by molar-refractivity contribution is 5.85. The van der Waals surface area contributed by atoms with Gasteiger partial charge in [0.2, 0.25) is 0 Å². The third-order valence-corrected chi connectivity index (χ3v) is 3.59.